The first-order valence-electron chi connectivity index (χ1n) is 3.99. The third-order valence-corrected chi connectivity index (χ3v) is 2.20. The topological polar surface area (TPSA) is 49.3 Å². The number of rotatable bonds is 1. The van der Waals surface area contributed by atoms with E-state index in [4.69, 9.17) is 5.11 Å². The Hall–Kier alpha value is -0.570. The maximum atomic E-state index is 10.6. The lowest BCUT2D eigenvalue weighted by Crippen LogP contribution is -2.47. The Bertz CT molecular complexity index is 165. The lowest BCUT2D eigenvalue weighted by Gasteiger charge is -2.34. The molecule has 0 aromatic rings. The Kier molecular flexibility index (Phi) is 2.18. The summed E-state index contributed by atoms with van der Waals surface area (Å²) in [5.41, 5.74) is 0.00130. The fraction of sp³-hybridized carbons (Fsp3) is 0.875. The smallest absolute Gasteiger partial charge is 0.306 e. The summed E-state index contributed by atoms with van der Waals surface area (Å²) >= 11 is 0. The van der Waals surface area contributed by atoms with Crippen molar-refractivity contribution in [2.75, 3.05) is 6.54 Å². The number of hydrogen-bond acceptors (Lipinski definition) is 2. The summed E-state index contributed by atoms with van der Waals surface area (Å²) in [4.78, 5) is 10.6. The largest absolute Gasteiger partial charge is 0.481 e. The molecule has 1 rings (SSSR count). The first kappa shape index (κ1) is 8.53. The molecule has 0 aromatic carbocycles. The summed E-state index contributed by atoms with van der Waals surface area (Å²) in [5.74, 6) is -0.800. The first-order chi connectivity index (χ1) is 5.01. The van der Waals surface area contributed by atoms with Crippen molar-refractivity contribution in [3.05, 3.63) is 0 Å². The number of nitrogens with one attached hydrogen (secondary N) is 1. The van der Waals surface area contributed by atoms with Gasteiger partial charge in [0.05, 0.1) is 5.92 Å². The van der Waals surface area contributed by atoms with E-state index in [-0.39, 0.29) is 11.5 Å². The molecule has 0 spiro atoms. The third-order valence-electron chi connectivity index (χ3n) is 2.20. The predicted molar refractivity (Wildman–Crippen MR) is 42.4 cm³/mol. The molecule has 11 heavy (non-hydrogen) atoms. The Balaban J connectivity index is 2.53. The molecular formula is C8H15NO2. The average Bonchev–Trinajstić information content (AvgIpc) is 1.85. The van der Waals surface area contributed by atoms with Gasteiger partial charge in [-0.1, -0.05) is 0 Å². The molecule has 3 nitrogen and oxygen atoms in total. The predicted octanol–water partition coefficient (Wildman–Crippen LogP) is 0.849. The van der Waals surface area contributed by atoms with Crippen LogP contribution in [0.1, 0.15) is 26.7 Å². The van der Waals surface area contributed by atoms with Crippen LogP contribution < -0.4 is 5.32 Å². The van der Waals surface area contributed by atoms with Crippen LogP contribution in [0.3, 0.4) is 0 Å². The second-order valence-electron chi connectivity index (χ2n) is 3.84. The molecule has 0 amide bonds. The van der Waals surface area contributed by atoms with E-state index in [1.807, 2.05) is 13.8 Å². The van der Waals surface area contributed by atoms with Crippen LogP contribution in [0.15, 0.2) is 0 Å². The van der Waals surface area contributed by atoms with Gasteiger partial charge in [-0.15, -0.1) is 0 Å². The second kappa shape index (κ2) is 2.81. The zero-order valence-electron chi connectivity index (χ0n) is 7.05. The SMILES string of the molecule is CC1(C)C[C@H](C(=O)O)CCN1. The van der Waals surface area contributed by atoms with E-state index in [0.29, 0.717) is 0 Å². The number of hydrogen-bond donors (Lipinski definition) is 2. The maximum absolute atomic E-state index is 10.6. The van der Waals surface area contributed by atoms with Gasteiger partial charge in [0.1, 0.15) is 0 Å². The summed E-state index contributed by atoms with van der Waals surface area (Å²) < 4.78 is 0. The van der Waals surface area contributed by atoms with Gasteiger partial charge in [-0.2, -0.15) is 0 Å². The van der Waals surface area contributed by atoms with E-state index in [9.17, 15) is 4.79 Å². The fourth-order valence-electron chi connectivity index (χ4n) is 1.59. The maximum Gasteiger partial charge on any atom is 0.306 e. The van der Waals surface area contributed by atoms with Crippen molar-refractivity contribution in [2.24, 2.45) is 5.92 Å². The van der Waals surface area contributed by atoms with E-state index in [1.54, 1.807) is 0 Å². The molecule has 1 aliphatic rings. The van der Waals surface area contributed by atoms with Gasteiger partial charge in [-0.3, -0.25) is 4.79 Å². The summed E-state index contributed by atoms with van der Waals surface area (Å²) in [7, 11) is 0. The number of carboxylic acid groups (broad SMARTS) is 1. The lowest BCUT2D eigenvalue weighted by molar-refractivity contribution is -0.143. The highest BCUT2D eigenvalue weighted by atomic mass is 16.4. The third kappa shape index (κ3) is 2.19. The van der Waals surface area contributed by atoms with E-state index < -0.39 is 5.97 Å². The molecule has 3 heteroatoms. The first-order valence-corrected chi connectivity index (χ1v) is 3.99. The minimum atomic E-state index is -0.653. The van der Waals surface area contributed by atoms with Crippen LogP contribution in [0.2, 0.25) is 0 Å². The molecule has 1 heterocycles. The van der Waals surface area contributed by atoms with E-state index in [0.717, 1.165) is 19.4 Å². The monoisotopic (exact) mass is 157 g/mol. The van der Waals surface area contributed by atoms with Gasteiger partial charge in [0.25, 0.3) is 0 Å². The quantitative estimate of drug-likeness (QED) is 0.593. The molecule has 64 valence electrons. The van der Waals surface area contributed by atoms with E-state index in [2.05, 4.69) is 5.32 Å². The van der Waals surface area contributed by atoms with Crippen LogP contribution in [-0.4, -0.2) is 23.2 Å². The van der Waals surface area contributed by atoms with Crippen LogP contribution in [0, 0.1) is 5.92 Å². The minimum absolute atomic E-state index is 0.00130. The van der Waals surface area contributed by atoms with Crippen molar-refractivity contribution in [3.8, 4) is 0 Å². The highest BCUT2D eigenvalue weighted by Gasteiger charge is 2.31. The molecule has 0 aliphatic carbocycles. The van der Waals surface area contributed by atoms with E-state index in [1.165, 1.54) is 0 Å². The highest BCUT2D eigenvalue weighted by Crippen LogP contribution is 2.23. The van der Waals surface area contributed by atoms with Crippen LogP contribution in [0.25, 0.3) is 0 Å². The fourth-order valence-corrected chi connectivity index (χ4v) is 1.59. The zero-order chi connectivity index (χ0) is 8.48. The van der Waals surface area contributed by atoms with Crippen LogP contribution in [0.4, 0.5) is 0 Å². The van der Waals surface area contributed by atoms with Gasteiger partial charge >= 0.3 is 5.97 Å². The molecule has 1 fully saturated rings. The molecule has 1 saturated heterocycles. The van der Waals surface area contributed by atoms with Gasteiger partial charge in [-0.05, 0) is 33.2 Å². The van der Waals surface area contributed by atoms with Gasteiger partial charge in [0.2, 0.25) is 0 Å². The van der Waals surface area contributed by atoms with Gasteiger partial charge in [0.15, 0.2) is 0 Å². The summed E-state index contributed by atoms with van der Waals surface area (Å²) in [6, 6.07) is 0. The van der Waals surface area contributed by atoms with Crippen LogP contribution >= 0.6 is 0 Å². The lowest BCUT2D eigenvalue weighted by atomic mass is 9.85. The number of piperidine rings is 1. The number of aliphatic carboxylic acids is 1. The molecule has 0 saturated carbocycles. The molecule has 0 aromatic heterocycles. The molecular weight excluding hydrogens is 142 g/mol. The summed E-state index contributed by atoms with van der Waals surface area (Å²) in [6.07, 6.45) is 1.50. The molecule has 1 atom stereocenters. The number of carbonyl (C=O) groups is 1. The van der Waals surface area contributed by atoms with Crippen molar-refractivity contribution in [3.63, 3.8) is 0 Å². The Morgan fingerprint density at radius 3 is 2.64 bits per heavy atom. The summed E-state index contributed by atoms with van der Waals surface area (Å²) in [5, 5.41) is 12.0. The van der Waals surface area contributed by atoms with Crippen LogP contribution in [-0.2, 0) is 4.79 Å². The zero-order valence-corrected chi connectivity index (χ0v) is 7.05. The Labute approximate surface area is 66.8 Å². The Morgan fingerprint density at radius 1 is 1.64 bits per heavy atom. The van der Waals surface area contributed by atoms with Crippen molar-refractivity contribution >= 4 is 5.97 Å². The molecule has 0 radical (unpaired) electrons. The normalized spacial score (nSPS) is 29.8. The molecule has 2 N–H and O–H groups in total. The molecule has 1 aliphatic heterocycles. The van der Waals surface area contributed by atoms with Crippen molar-refractivity contribution in [1.82, 2.24) is 5.32 Å². The van der Waals surface area contributed by atoms with E-state index >= 15 is 0 Å². The van der Waals surface area contributed by atoms with Gasteiger partial charge in [-0.25, -0.2) is 0 Å². The average molecular weight is 157 g/mol. The standard InChI is InChI=1S/C8H15NO2/c1-8(2)5-6(7(10)11)3-4-9-8/h6,9H,3-5H2,1-2H3,(H,10,11)/t6-/m1/s1. The summed E-state index contributed by atoms with van der Waals surface area (Å²) in [6.45, 7) is 4.91. The van der Waals surface area contributed by atoms with Crippen molar-refractivity contribution < 1.29 is 9.90 Å². The van der Waals surface area contributed by atoms with Gasteiger partial charge < -0.3 is 10.4 Å². The second-order valence-corrected chi connectivity index (χ2v) is 3.84. The van der Waals surface area contributed by atoms with Crippen molar-refractivity contribution in [1.29, 1.82) is 0 Å². The van der Waals surface area contributed by atoms with Gasteiger partial charge in [0, 0.05) is 5.54 Å². The number of carboxylic acids is 1. The van der Waals surface area contributed by atoms with Crippen molar-refractivity contribution in [2.45, 2.75) is 32.2 Å². The van der Waals surface area contributed by atoms with Crippen LogP contribution in [0.5, 0.6) is 0 Å². The highest BCUT2D eigenvalue weighted by molar-refractivity contribution is 5.70. The minimum Gasteiger partial charge on any atom is -0.481 e. The molecule has 0 bridgehead atoms. The molecule has 0 unspecified atom stereocenters. The Morgan fingerprint density at radius 2 is 2.27 bits per heavy atom.